The number of rotatable bonds is 5. The number of nitrogens with two attached hydrogens (primary N) is 1. The summed E-state index contributed by atoms with van der Waals surface area (Å²) in [7, 11) is 0. The Morgan fingerprint density at radius 2 is 2.22 bits per heavy atom. The van der Waals surface area contributed by atoms with E-state index in [-0.39, 0.29) is 0 Å². The molecule has 0 spiro atoms. The third kappa shape index (κ3) is 2.69. The zero-order valence-electron chi connectivity index (χ0n) is 10.2. The minimum Gasteiger partial charge on any atom is -0.361 e. The van der Waals surface area contributed by atoms with Gasteiger partial charge in [-0.05, 0) is 18.6 Å². The van der Waals surface area contributed by atoms with Crippen molar-refractivity contribution in [3.8, 4) is 0 Å². The van der Waals surface area contributed by atoms with Crippen molar-refractivity contribution in [2.24, 2.45) is 5.73 Å². The number of carbonyl (C=O) groups is 1. The quantitative estimate of drug-likeness (QED) is 0.621. The van der Waals surface area contributed by atoms with Crippen molar-refractivity contribution in [1.82, 2.24) is 4.98 Å². The molecular weight excluding hydrogens is 232 g/mol. The van der Waals surface area contributed by atoms with E-state index in [2.05, 4.69) is 14.8 Å². The number of hydrogen-bond donors (Lipinski definition) is 2. The first kappa shape index (κ1) is 12.6. The normalized spacial score (nSPS) is 12.6. The van der Waals surface area contributed by atoms with Crippen molar-refractivity contribution < 1.29 is 14.6 Å². The molecule has 0 aliphatic heterocycles. The van der Waals surface area contributed by atoms with Crippen LogP contribution in [0, 0.1) is 0 Å². The van der Waals surface area contributed by atoms with E-state index in [4.69, 9.17) is 5.73 Å². The van der Waals surface area contributed by atoms with Gasteiger partial charge in [0.2, 0.25) is 0 Å². The number of para-hydroxylation sites is 1. The molecule has 2 aromatic rings. The largest absolute Gasteiger partial charge is 0.361 e. The summed E-state index contributed by atoms with van der Waals surface area (Å²) in [5.41, 5.74) is 7.79. The van der Waals surface area contributed by atoms with Crippen LogP contribution in [0.15, 0.2) is 30.5 Å². The van der Waals surface area contributed by atoms with Gasteiger partial charge in [0.25, 0.3) is 0 Å². The monoisotopic (exact) mass is 248 g/mol. The molecule has 1 heterocycles. The molecule has 0 fully saturated rings. The zero-order chi connectivity index (χ0) is 13.0. The molecule has 5 heteroatoms. The second-order valence-electron chi connectivity index (χ2n) is 3.98. The lowest BCUT2D eigenvalue weighted by molar-refractivity contribution is -0.270. The van der Waals surface area contributed by atoms with E-state index in [0.717, 1.165) is 16.5 Å². The molecule has 1 aromatic carbocycles. The lowest BCUT2D eigenvalue weighted by Gasteiger charge is -2.08. The van der Waals surface area contributed by atoms with E-state index >= 15 is 0 Å². The number of carbonyl (C=O) groups excluding carboxylic acids is 1. The van der Waals surface area contributed by atoms with Crippen LogP contribution in [-0.4, -0.2) is 23.6 Å². The smallest absolute Gasteiger partial charge is 0.359 e. The predicted molar refractivity (Wildman–Crippen MR) is 67.7 cm³/mol. The molecule has 0 amide bonds. The number of fused-ring (bicyclic) bond motifs is 1. The first-order chi connectivity index (χ1) is 8.72. The van der Waals surface area contributed by atoms with Crippen LogP contribution in [-0.2, 0) is 21.0 Å². The number of aromatic nitrogens is 1. The van der Waals surface area contributed by atoms with Crippen LogP contribution in [0.2, 0.25) is 0 Å². The number of aromatic amines is 1. The van der Waals surface area contributed by atoms with Gasteiger partial charge in [0.05, 0.1) is 6.61 Å². The van der Waals surface area contributed by atoms with Crippen LogP contribution in [0.3, 0.4) is 0 Å². The van der Waals surface area contributed by atoms with Gasteiger partial charge in [0.15, 0.2) is 0 Å². The van der Waals surface area contributed by atoms with E-state index < -0.39 is 12.0 Å². The fourth-order valence-electron chi connectivity index (χ4n) is 1.80. The molecule has 0 aliphatic carbocycles. The van der Waals surface area contributed by atoms with Gasteiger partial charge in [-0.25, -0.2) is 4.79 Å². The minimum atomic E-state index is -0.726. The van der Waals surface area contributed by atoms with E-state index in [1.807, 2.05) is 30.5 Å². The highest BCUT2D eigenvalue weighted by atomic mass is 17.2. The summed E-state index contributed by atoms with van der Waals surface area (Å²) in [4.78, 5) is 23.7. The highest BCUT2D eigenvalue weighted by Crippen LogP contribution is 2.18. The molecule has 2 rings (SSSR count). The van der Waals surface area contributed by atoms with Crippen LogP contribution in [0.4, 0.5) is 0 Å². The summed E-state index contributed by atoms with van der Waals surface area (Å²) in [6, 6.07) is 7.14. The molecule has 1 aromatic heterocycles. The summed E-state index contributed by atoms with van der Waals surface area (Å²) in [5.74, 6) is -0.554. The fraction of sp³-hybridized carbons (Fsp3) is 0.308. The lowest BCUT2D eigenvalue weighted by atomic mass is 10.1. The average Bonchev–Trinajstić information content (AvgIpc) is 2.79. The van der Waals surface area contributed by atoms with Gasteiger partial charge >= 0.3 is 5.97 Å². The van der Waals surface area contributed by atoms with Crippen LogP contribution < -0.4 is 5.73 Å². The maximum Gasteiger partial charge on any atom is 0.359 e. The van der Waals surface area contributed by atoms with Gasteiger partial charge in [-0.1, -0.05) is 18.2 Å². The molecular formula is C13H16N2O3. The molecule has 3 N–H and O–H groups in total. The molecule has 0 saturated heterocycles. The van der Waals surface area contributed by atoms with Gasteiger partial charge < -0.3 is 10.7 Å². The number of nitrogens with one attached hydrogen (secondary N) is 1. The fourth-order valence-corrected chi connectivity index (χ4v) is 1.80. The van der Waals surface area contributed by atoms with Crippen LogP contribution >= 0.6 is 0 Å². The molecule has 1 unspecified atom stereocenters. The Balaban J connectivity index is 2.07. The van der Waals surface area contributed by atoms with Gasteiger partial charge in [-0.15, -0.1) is 0 Å². The van der Waals surface area contributed by atoms with Gasteiger partial charge in [-0.3, -0.25) is 4.89 Å². The van der Waals surface area contributed by atoms with Crippen molar-refractivity contribution in [2.75, 3.05) is 6.61 Å². The van der Waals surface area contributed by atoms with Crippen molar-refractivity contribution in [3.63, 3.8) is 0 Å². The third-order valence-corrected chi connectivity index (χ3v) is 2.68. The Labute approximate surface area is 105 Å². The summed E-state index contributed by atoms with van der Waals surface area (Å²) in [5, 5.41) is 1.07. The van der Waals surface area contributed by atoms with Gasteiger partial charge in [-0.2, -0.15) is 4.89 Å². The second kappa shape index (κ2) is 5.66. The van der Waals surface area contributed by atoms with Crippen molar-refractivity contribution >= 4 is 16.9 Å². The molecule has 0 saturated carbocycles. The van der Waals surface area contributed by atoms with E-state index in [9.17, 15) is 4.79 Å². The predicted octanol–water partition coefficient (Wildman–Crippen LogP) is 1.53. The van der Waals surface area contributed by atoms with Crippen LogP contribution in [0.25, 0.3) is 10.9 Å². The summed E-state index contributed by atoms with van der Waals surface area (Å²) in [6.07, 6.45) is 2.27. The minimum absolute atomic E-state index is 0.311. The van der Waals surface area contributed by atoms with Gasteiger partial charge in [0.1, 0.15) is 6.04 Å². The average molecular weight is 248 g/mol. The topological polar surface area (TPSA) is 77.3 Å². The number of hydrogen-bond acceptors (Lipinski definition) is 4. The standard InChI is InChI=1S/C13H16N2O3/c1-2-17-18-13(16)11(14)7-9-8-15-12-6-4-3-5-10(9)12/h3-6,8,11,15H,2,7,14H2,1H3. The molecule has 96 valence electrons. The number of benzene rings is 1. The van der Waals surface area contributed by atoms with Crippen molar-refractivity contribution in [2.45, 2.75) is 19.4 Å². The van der Waals surface area contributed by atoms with Crippen LogP contribution in [0.5, 0.6) is 0 Å². The highest BCUT2D eigenvalue weighted by Gasteiger charge is 2.18. The molecule has 5 nitrogen and oxygen atoms in total. The molecule has 1 atom stereocenters. The summed E-state index contributed by atoms with van der Waals surface area (Å²) < 4.78 is 0. The Morgan fingerprint density at radius 3 is 3.00 bits per heavy atom. The number of H-pyrrole nitrogens is 1. The van der Waals surface area contributed by atoms with E-state index in [0.29, 0.717) is 13.0 Å². The van der Waals surface area contributed by atoms with E-state index in [1.165, 1.54) is 0 Å². The summed E-state index contributed by atoms with van der Waals surface area (Å²) >= 11 is 0. The SMILES string of the molecule is CCOOC(=O)C(N)Cc1c[nH]c2ccccc12. The van der Waals surface area contributed by atoms with Crippen molar-refractivity contribution in [1.29, 1.82) is 0 Å². The molecule has 18 heavy (non-hydrogen) atoms. The molecule has 0 aliphatic rings. The van der Waals surface area contributed by atoms with Crippen molar-refractivity contribution in [3.05, 3.63) is 36.0 Å². The zero-order valence-corrected chi connectivity index (χ0v) is 10.2. The first-order valence-electron chi connectivity index (χ1n) is 5.86. The van der Waals surface area contributed by atoms with Crippen LogP contribution in [0.1, 0.15) is 12.5 Å². The maximum atomic E-state index is 11.5. The molecule has 0 radical (unpaired) electrons. The Hall–Kier alpha value is -1.85. The maximum absolute atomic E-state index is 11.5. The van der Waals surface area contributed by atoms with Gasteiger partial charge in [0, 0.05) is 23.5 Å². The molecule has 0 bridgehead atoms. The first-order valence-corrected chi connectivity index (χ1v) is 5.86. The Bertz CT molecular complexity index is 536. The third-order valence-electron chi connectivity index (χ3n) is 2.68. The Morgan fingerprint density at radius 1 is 1.44 bits per heavy atom. The second-order valence-corrected chi connectivity index (χ2v) is 3.98. The lowest BCUT2D eigenvalue weighted by Crippen LogP contribution is -2.34. The Kier molecular flexibility index (Phi) is 3.96. The van der Waals surface area contributed by atoms with E-state index in [1.54, 1.807) is 6.92 Å². The highest BCUT2D eigenvalue weighted by molar-refractivity contribution is 5.84. The summed E-state index contributed by atoms with van der Waals surface area (Å²) in [6.45, 7) is 2.05.